The van der Waals surface area contributed by atoms with Gasteiger partial charge in [-0.3, -0.25) is 14.4 Å². The lowest BCUT2D eigenvalue weighted by atomic mass is 10.1. The van der Waals surface area contributed by atoms with Crippen LogP contribution in [0.5, 0.6) is 0 Å². The quantitative estimate of drug-likeness (QED) is 0.283. The van der Waals surface area contributed by atoms with Crippen molar-refractivity contribution in [3.63, 3.8) is 0 Å². The molecule has 0 aromatic carbocycles. The first kappa shape index (κ1) is 21.7. The summed E-state index contributed by atoms with van der Waals surface area (Å²) in [6, 6.07) is 0.0540. The van der Waals surface area contributed by atoms with Crippen molar-refractivity contribution in [1.29, 1.82) is 0 Å². The fraction of sp³-hybridized carbons (Fsp3) is 0.737. The van der Waals surface area contributed by atoms with E-state index in [0.717, 1.165) is 43.6 Å². The molecule has 0 aromatic heterocycles. The Kier molecular flexibility index (Phi) is 11.3. The summed E-state index contributed by atoms with van der Waals surface area (Å²) in [6.07, 6.45) is 9.89. The maximum atomic E-state index is 12.0. The molecule has 0 aromatic rings. The molecule has 25 heavy (non-hydrogen) atoms. The fourth-order valence-electron chi connectivity index (χ4n) is 2.78. The van der Waals surface area contributed by atoms with E-state index in [4.69, 9.17) is 0 Å². The lowest BCUT2D eigenvalue weighted by Crippen LogP contribution is -2.33. The average molecular weight is 370 g/mol. The molecule has 1 unspecified atom stereocenters. The summed E-state index contributed by atoms with van der Waals surface area (Å²) in [4.78, 5) is 36.8. The zero-order valence-corrected chi connectivity index (χ0v) is 16.3. The van der Waals surface area contributed by atoms with Gasteiger partial charge >= 0.3 is 5.97 Å². The molecule has 0 radical (unpaired) electrons. The van der Waals surface area contributed by atoms with Crippen LogP contribution in [0.4, 0.5) is 0 Å². The Bertz CT molecular complexity index is 464. The number of amides is 1. The molecule has 1 saturated heterocycles. The van der Waals surface area contributed by atoms with Crippen LogP contribution >= 0.6 is 11.8 Å². The summed E-state index contributed by atoms with van der Waals surface area (Å²) in [6.45, 7) is 2.82. The molecule has 142 valence electrons. The second-order valence-corrected chi connectivity index (χ2v) is 7.49. The van der Waals surface area contributed by atoms with Crippen molar-refractivity contribution < 1.29 is 19.1 Å². The van der Waals surface area contributed by atoms with Crippen LogP contribution in [0.3, 0.4) is 0 Å². The molecule has 0 saturated carbocycles. The first-order valence-corrected chi connectivity index (χ1v) is 10.4. The molecule has 1 amide bonds. The van der Waals surface area contributed by atoms with Crippen LogP contribution in [-0.4, -0.2) is 53.8 Å². The third-order valence-electron chi connectivity index (χ3n) is 4.28. The number of likely N-dealkylation sites (tertiary alicyclic amines) is 1. The summed E-state index contributed by atoms with van der Waals surface area (Å²) in [5.41, 5.74) is 0. The van der Waals surface area contributed by atoms with E-state index in [9.17, 15) is 14.4 Å². The molecule has 1 aliphatic heterocycles. The summed E-state index contributed by atoms with van der Waals surface area (Å²) in [5, 5.41) is 0. The Morgan fingerprint density at radius 2 is 2.04 bits per heavy atom. The summed E-state index contributed by atoms with van der Waals surface area (Å²) < 4.78 is 4.61. The number of esters is 1. The van der Waals surface area contributed by atoms with Crippen LogP contribution in [0.25, 0.3) is 0 Å². The smallest absolute Gasteiger partial charge is 0.305 e. The van der Waals surface area contributed by atoms with Gasteiger partial charge in [0.25, 0.3) is 0 Å². The monoisotopic (exact) mass is 369 g/mol. The van der Waals surface area contributed by atoms with Crippen LogP contribution in [-0.2, 0) is 19.1 Å². The van der Waals surface area contributed by atoms with E-state index < -0.39 is 0 Å². The zero-order chi connectivity index (χ0) is 18.5. The number of methoxy groups -OCH3 is 1. The highest BCUT2D eigenvalue weighted by atomic mass is 32.2. The van der Waals surface area contributed by atoms with Gasteiger partial charge in [0.1, 0.15) is 0 Å². The first-order chi connectivity index (χ1) is 12.1. The summed E-state index contributed by atoms with van der Waals surface area (Å²) in [5.74, 6) is 1.88. The van der Waals surface area contributed by atoms with E-state index in [1.54, 1.807) is 17.8 Å². The van der Waals surface area contributed by atoms with Crippen LogP contribution in [0, 0.1) is 0 Å². The Labute approximate surface area is 155 Å². The number of carbonyl (C=O) groups is 3. The molecule has 0 bridgehead atoms. The number of allylic oxidation sites excluding steroid dienone is 1. The molecule has 1 fully saturated rings. The van der Waals surface area contributed by atoms with Gasteiger partial charge in [0, 0.05) is 31.6 Å². The van der Waals surface area contributed by atoms with Crippen molar-refractivity contribution in [2.45, 2.75) is 64.3 Å². The van der Waals surface area contributed by atoms with Gasteiger partial charge in [-0.25, -0.2) is 0 Å². The highest BCUT2D eigenvalue weighted by Crippen LogP contribution is 2.20. The number of unbranched alkanes of at least 4 members (excludes halogenated alkanes) is 2. The molecule has 5 nitrogen and oxygen atoms in total. The molecule has 6 heteroatoms. The summed E-state index contributed by atoms with van der Waals surface area (Å²) >= 11 is 1.74. The van der Waals surface area contributed by atoms with Crippen LogP contribution in [0.15, 0.2) is 12.2 Å². The predicted molar refractivity (Wildman–Crippen MR) is 102 cm³/mol. The van der Waals surface area contributed by atoms with Gasteiger partial charge in [-0.05, 0) is 31.1 Å². The highest BCUT2D eigenvalue weighted by Gasteiger charge is 2.28. The van der Waals surface area contributed by atoms with Crippen LogP contribution in [0.2, 0.25) is 0 Å². The molecule has 1 heterocycles. The second kappa shape index (κ2) is 13.0. The van der Waals surface area contributed by atoms with E-state index in [-0.39, 0.29) is 23.7 Å². The topological polar surface area (TPSA) is 63.7 Å². The van der Waals surface area contributed by atoms with Gasteiger partial charge in [-0.2, -0.15) is 11.8 Å². The lowest BCUT2D eigenvalue weighted by molar-refractivity contribution is -0.140. The minimum Gasteiger partial charge on any atom is -0.469 e. The van der Waals surface area contributed by atoms with Crippen LogP contribution in [0.1, 0.15) is 58.3 Å². The van der Waals surface area contributed by atoms with Gasteiger partial charge in [0.2, 0.25) is 5.91 Å². The van der Waals surface area contributed by atoms with Crippen LogP contribution < -0.4 is 0 Å². The largest absolute Gasteiger partial charge is 0.469 e. The number of rotatable bonds is 13. The first-order valence-electron chi connectivity index (χ1n) is 9.23. The lowest BCUT2D eigenvalue weighted by Gasteiger charge is -2.22. The predicted octanol–water partition coefficient (Wildman–Crippen LogP) is 3.37. The highest BCUT2D eigenvalue weighted by molar-refractivity contribution is 7.99. The SMILES string of the molecule is CCCCCC(=O)/C=C/C1CCC(=O)N1CCSCCCC(=O)OC. The number of ether oxygens (including phenoxy) is 1. The van der Waals surface area contributed by atoms with E-state index in [0.29, 0.717) is 25.8 Å². The van der Waals surface area contributed by atoms with Crippen molar-refractivity contribution in [3.8, 4) is 0 Å². The van der Waals surface area contributed by atoms with Crippen molar-refractivity contribution in [3.05, 3.63) is 12.2 Å². The third kappa shape index (κ3) is 9.10. The van der Waals surface area contributed by atoms with Crippen molar-refractivity contribution in [2.75, 3.05) is 25.2 Å². The number of nitrogens with zero attached hydrogens (tertiary/aromatic N) is 1. The third-order valence-corrected chi connectivity index (χ3v) is 5.33. The number of hydrogen-bond donors (Lipinski definition) is 0. The van der Waals surface area contributed by atoms with Gasteiger partial charge in [0.05, 0.1) is 13.2 Å². The minimum atomic E-state index is -0.177. The Morgan fingerprint density at radius 3 is 2.76 bits per heavy atom. The molecule has 0 spiro atoms. The number of carbonyl (C=O) groups excluding carboxylic acids is 3. The molecular weight excluding hydrogens is 338 g/mol. The van der Waals surface area contributed by atoms with E-state index in [1.807, 2.05) is 11.0 Å². The van der Waals surface area contributed by atoms with Crippen molar-refractivity contribution >= 4 is 29.4 Å². The molecule has 1 atom stereocenters. The van der Waals surface area contributed by atoms with E-state index in [1.165, 1.54) is 7.11 Å². The normalized spacial score (nSPS) is 17.4. The van der Waals surface area contributed by atoms with E-state index in [2.05, 4.69) is 11.7 Å². The standard InChI is InChI=1S/C19H31NO4S/c1-3-4-5-7-17(21)11-9-16-10-12-18(22)20(16)13-15-25-14-6-8-19(23)24-2/h9,11,16H,3-8,10,12-15H2,1-2H3/b11-9+. The minimum absolute atomic E-state index is 0.0540. The Hall–Kier alpha value is -1.30. The van der Waals surface area contributed by atoms with Gasteiger partial charge < -0.3 is 9.64 Å². The van der Waals surface area contributed by atoms with Gasteiger partial charge in [-0.1, -0.05) is 25.8 Å². The molecule has 0 N–H and O–H groups in total. The maximum Gasteiger partial charge on any atom is 0.305 e. The van der Waals surface area contributed by atoms with Gasteiger partial charge in [0.15, 0.2) is 5.78 Å². The fourth-order valence-corrected chi connectivity index (χ4v) is 3.66. The molecule has 1 rings (SSSR count). The summed E-state index contributed by atoms with van der Waals surface area (Å²) in [7, 11) is 1.40. The van der Waals surface area contributed by atoms with Crippen molar-refractivity contribution in [1.82, 2.24) is 4.90 Å². The second-order valence-electron chi connectivity index (χ2n) is 6.27. The number of ketones is 1. The molecular formula is C19H31NO4S. The van der Waals surface area contributed by atoms with Crippen molar-refractivity contribution in [2.24, 2.45) is 0 Å². The molecule has 1 aliphatic rings. The zero-order valence-electron chi connectivity index (χ0n) is 15.5. The molecule has 0 aliphatic carbocycles. The number of hydrogen-bond acceptors (Lipinski definition) is 5. The average Bonchev–Trinajstić information content (AvgIpc) is 2.96. The Balaban J connectivity index is 2.27. The maximum absolute atomic E-state index is 12.0. The number of thioether (sulfide) groups is 1. The Morgan fingerprint density at radius 1 is 1.24 bits per heavy atom. The van der Waals surface area contributed by atoms with Gasteiger partial charge in [-0.15, -0.1) is 0 Å². The van der Waals surface area contributed by atoms with E-state index >= 15 is 0 Å².